The number of hydrogen-bond acceptors (Lipinski definition) is 4. The van der Waals surface area contributed by atoms with Crippen LogP contribution < -0.4 is 0 Å². The predicted octanol–water partition coefficient (Wildman–Crippen LogP) is 3.64. The average molecular weight is 329 g/mol. The van der Waals surface area contributed by atoms with Crippen molar-refractivity contribution < 1.29 is 14.3 Å². The number of carbonyl (C=O) groups excluding carboxylic acids is 2. The van der Waals surface area contributed by atoms with Gasteiger partial charge in [0.1, 0.15) is 0 Å². The molecule has 1 atom stereocenters. The van der Waals surface area contributed by atoms with Gasteiger partial charge in [0, 0.05) is 16.0 Å². The molecule has 6 heteroatoms. The topological polar surface area (TPSA) is 72.0 Å². The van der Waals surface area contributed by atoms with Crippen LogP contribution in [0, 0.1) is 0 Å². The van der Waals surface area contributed by atoms with Crippen LogP contribution in [0.3, 0.4) is 0 Å². The standard InChI is InChI=1S/C17H13ClN2O3/c1-10(16(21)11-5-4-6-12(18)9-11)23-17(22)15-13-7-2-3-8-14(13)19-20-15/h2-10H,1H3,(H,19,20)/t10-/m0/s1. The molecule has 3 rings (SSSR count). The second-order valence-electron chi connectivity index (χ2n) is 5.04. The number of carbonyl (C=O) groups is 2. The van der Waals surface area contributed by atoms with Gasteiger partial charge in [-0.1, -0.05) is 41.9 Å². The molecule has 5 nitrogen and oxygen atoms in total. The lowest BCUT2D eigenvalue weighted by Crippen LogP contribution is -2.24. The fraction of sp³-hybridized carbons (Fsp3) is 0.118. The smallest absolute Gasteiger partial charge is 0.360 e. The number of hydrogen-bond donors (Lipinski definition) is 1. The maximum Gasteiger partial charge on any atom is 0.360 e. The Hall–Kier alpha value is -2.66. The number of ether oxygens (including phenoxy) is 1. The zero-order valence-corrected chi connectivity index (χ0v) is 13.0. The first-order valence-corrected chi connectivity index (χ1v) is 7.38. The van der Waals surface area contributed by atoms with Crippen molar-refractivity contribution in [2.45, 2.75) is 13.0 Å². The van der Waals surface area contributed by atoms with Crippen molar-refractivity contribution in [1.82, 2.24) is 10.2 Å². The van der Waals surface area contributed by atoms with E-state index in [1.807, 2.05) is 6.07 Å². The van der Waals surface area contributed by atoms with Crippen LogP contribution in [-0.4, -0.2) is 28.1 Å². The number of para-hydroxylation sites is 1. The van der Waals surface area contributed by atoms with Crippen molar-refractivity contribution in [2.24, 2.45) is 0 Å². The molecule has 0 aliphatic rings. The number of Topliss-reactive ketones (excluding diaryl/α,β-unsaturated/α-hetero) is 1. The number of halogens is 1. The second kappa shape index (κ2) is 6.22. The minimum absolute atomic E-state index is 0.159. The van der Waals surface area contributed by atoms with Gasteiger partial charge in [-0.05, 0) is 25.1 Å². The second-order valence-corrected chi connectivity index (χ2v) is 5.48. The maximum atomic E-state index is 12.3. The van der Waals surface area contributed by atoms with Crippen LogP contribution >= 0.6 is 11.6 Å². The van der Waals surface area contributed by atoms with Crippen LogP contribution in [-0.2, 0) is 4.74 Å². The van der Waals surface area contributed by atoms with E-state index in [9.17, 15) is 9.59 Å². The zero-order chi connectivity index (χ0) is 16.4. The minimum atomic E-state index is -0.934. The molecular weight excluding hydrogens is 316 g/mol. The number of aromatic amines is 1. The van der Waals surface area contributed by atoms with E-state index in [2.05, 4.69) is 10.2 Å². The van der Waals surface area contributed by atoms with E-state index in [4.69, 9.17) is 16.3 Å². The van der Waals surface area contributed by atoms with Crippen LogP contribution in [0.5, 0.6) is 0 Å². The number of ketones is 1. The van der Waals surface area contributed by atoms with E-state index in [-0.39, 0.29) is 11.5 Å². The van der Waals surface area contributed by atoms with Gasteiger partial charge in [0.25, 0.3) is 0 Å². The van der Waals surface area contributed by atoms with Gasteiger partial charge in [-0.25, -0.2) is 4.79 Å². The van der Waals surface area contributed by atoms with Crippen molar-refractivity contribution in [2.75, 3.05) is 0 Å². The number of nitrogens with zero attached hydrogens (tertiary/aromatic N) is 1. The highest BCUT2D eigenvalue weighted by Gasteiger charge is 2.23. The van der Waals surface area contributed by atoms with E-state index in [1.54, 1.807) is 36.4 Å². The Morgan fingerprint density at radius 3 is 2.74 bits per heavy atom. The highest BCUT2D eigenvalue weighted by Crippen LogP contribution is 2.18. The van der Waals surface area contributed by atoms with Gasteiger partial charge in [-0.2, -0.15) is 5.10 Å². The molecule has 0 saturated heterocycles. The first-order chi connectivity index (χ1) is 11.1. The fourth-order valence-corrected chi connectivity index (χ4v) is 2.46. The maximum absolute atomic E-state index is 12.3. The molecule has 0 aliphatic carbocycles. The molecule has 1 heterocycles. The number of aromatic nitrogens is 2. The Kier molecular flexibility index (Phi) is 4.12. The highest BCUT2D eigenvalue weighted by molar-refractivity contribution is 6.31. The van der Waals surface area contributed by atoms with E-state index >= 15 is 0 Å². The van der Waals surface area contributed by atoms with Crippen LogP contribution in [0.2, 0.25) is 5.02 Å². The summed E-state index contributed by atoms with van der Waals surface area (Å²) >= 11 is 5.87. The van der Waals surface area contributed by atoms with E-state index in [0.717, 1.165) is 5.52 Å². The lowest BCUT2D eigenvalue weighted by Gasteiger charge is -2.11. The van der Waals surface area contributed by atoms with Crippen molar-refractivity contribution >= 4 is 34.3 Å². The van der Waals surface area contributed by atoms with Gasteiger partial charge in [0.2, 0.25) is 5.78 Å². The molecule has 0 saturated carbocycles. The molecule has 0 amide bonds. The summed E-state index contributed by atoms with van der Waals surface area (Å²) in [4.78, 5) is 24.6. The summed E-state index contributed by atoms with van der Waals surface area (Å²) in [5.74, 6) is -0.967. The summed E-state index contributed by atoms with van der Waals surface area (Å²) in [7, 11) is 0. The van der Waals surface area contributed by atoms with Gasteiger partial charge >= 0.3 is 5.97 Å². The van der Waals surface area contributed by atoms with Gasteiger partial charge in [0.15, 0.2) is 11.8 Å². The monoisotopic (exact) mass is 328 g/mol. The third-order valence-corrected chi connectivity index (χ3v) is 3.66. The Bertz CT molecular complexity index is 888. The number of rotatable bonds is 4. The zero-order valence-electron chi connectivity index (χ0n) is 12.2. The summed E-state index contributed by atoms with van der Waals surface area (Å²) < 4.78 is 5.24. The van der Waals surface area contributed by atoms with Crippen molar-refractivity contribution in [1.29, 1.82) is 0 Å². The molecule has 0 fully saturated rings. The number of nitrogens with one attached hydrogen (secondary N) is 1. The molecule has 0 bridgehead atoms. The van der Waals surface area contributed by atoms with E-state index < -0.39 is 12.1 Å². The quantitative estimate of drug-likeness (QED) is 0.586. The fourth-order valence-electron chi connectivity index (χ4n) is 2.27. The molecule has 116 valence electrons. The average Bonchev–Trinajstić information content (AvgIpc) is 2.98. The largest absolute Gasteiger partial charge is 0.449 e. The van der Waals surface area contributed by atoms with Crippen LogP contribution in [0.4, 0.5) is 0 Å². The molecule has 0 aliphatic heterocycles. The van der Waals surface area contributed by atoms with Crippen molar-refractivity contribution in [3.8, 4) is 0 Å². The Labute approximate surface area is 137 Å². The number of benzene rings is 2. The predicted molar refractivity (Wildman–Crippen MR) is 86.8 cm³/mol. The third kappa shape index (κ3) is 3.10. The summed E-state index contributed by atoms with van der Waals surface area (Å²) in [6.45, 7) is 1.52. The molecule has 1 N–H and O–H groups in total. The molecule has 23 heavy (non-hydrogen) atoms. The first-order valence-electron chi connectivity index (χ1n) is 7.00. The molecule has 1 aromatic heterocycles. The third-order valence-electron chi connectivity index (χ3n) is 3.43. The lowest BCUT2D eigenvalue weighted by molar-refractivity contribution is 0.0315. The van der Waals surface area contributed by atoms with Crippen molar-refractivity contribution in [3.05, 3.63) is 64.8 Å². The first kappa shape index (κ1) is 15.2. The molecule has 0 spiro atoms. The minimum Gasteiger partial charge on any atom is -0.449 e. The van der Waals surface area contributed by atoms with Crippen LogP contribution in [0.25, 0.3) is 10.9 Å². The number of fused-ring (bicyclic) bond motifs is 1. The van der Waals surface area contributed by atoms with Crippen molar-refractivity contribution in [3.63, 3.8) is 0 Å². The van der Waals surface area contributed by atoms with E-state index in [0.29, 0.717) is 16.0 Å². The summed E-state index contributed by atoms with van der Waals surface area (Å²) in [5, 5.41) is 7.82. The summed E-state index contributed by atoms with van der Waals surface area (Å²) in [6.07, 6.45) is -0.934. The Morgan fingerprint density at radius 2 is 1.96 bits per heavy atom. The van der Waals surface area contributed by atoms with Gasteiger partial charge < -0.3 is 4.74 Å². The van der Waals surface area contributed by atoms with Gasteiger partial charge in [-0.3, -0.25) is 9.89 Å². The van der Waals surface area contributed by atoms with Gasteiger partial charge in [-0.15, -0.1) is 0 Å². The molecular formula is C17H13ClN2O3. The van der Waals surface area contributed by atoms with E-state index in [1.165, 1.54) is 13.0 Å². The highest BCUT2D eigenvalue weighted by atomic mass is 35.5. The molecule has 2 aromatic carbocycles. The summed E-state index contributed by atoms with van der Waals surface area (Å²) in [6, 6.07) is 13.7. The number of esters is 1. The normalized spacial score (nSPS) is 12.1. The lowest BCUT2D eigenvalue weighted by atomic mass is 10.1. The SMILES string of the molecule is C[C@H](OC(=O)c1n[nH]c2ccccc12)C(=O)c1cccc(Cl)c1. The van der Waals surface area contributed by atoms with Crippen LogP contribution in [0.15, 0.2) is 48.5 Å². The summed E-state index contributed by atoms with van der Waals surface area (Å²) in [5.41, 5.74) is 1.28. The molecule has 0 radical (unpaired) electrons. The Balaban J connectivity index is 1.78. The number of H-pyrrole nitrogens is 1. The Morgan fingerprint density at radius 1 is 1.17 bits per heavy atom. The van der Waals surface area contributed by atoms with Crippen LogP contribution in [0.1, 0.15) is 27.8 Å². The molecule has 3 aromatic rings. The molecule has 0 unspecified atom stereocenters. The van der Waals surface area contributed by atoms with Gasteiger partial charge in [0.05, 0.1) is 5.52 Å².